The highest BCUT2D eigenvalue weighted by Gasteiger charge is 2.54. The zero-order valence-electron chi connectivity index (χ0n) is 18.6. The lowest BCUT2D eigenvalue weighted by molar-refractivity contribution is -0.165. The largest absolute Gasteiger partial charge is 0.497 e. The predicted molar refractivity (Wildman–Crippen MR) is 121 cm³/mol. The molecule has 1 aliphatic heterocycles. The number of para-hydroxylation sites is 1. The van der Waals surface area contributed by atoms with Gasteiger partial charge < -0.3 is 14.2 Å². The minimum atomic E-state index is -0.430. The summed E-state index contributed by atoms with van der Waals surface area (Å²) < 4.78 is 17.5. The van der Waals surface area contributed by atoms with Gasteiger partial charge in [0.15, 0.2) is 0 Å². The fourth-order valence-corrected chi connectivity index (χ4v) is 5.23. The van der Waals surface area contributed by atoms with Crippen molar-refractivity contribution in [3.05, 3.63) is 71.8 Å². The SMILES string of the molecule is COc1ccc([C@H]2OC[C@@]3(COC(=O)Nc4ccccc4)[C@H](C)C=C(C)[C@H]2[C@@H]3C)cc1. The second kappa shape index (κ2) is 8.75. The molecule has 0 unspecified atom stereocenters. The smallest absolute Gasteiger partial charge is 0.411 e. The molecule has 1 N–H and O–H groups in total. The Morgan fingerprint density at radius 3 is 2.52 bits per heavy atom. The Morgan fingerprint density at radius 1 is 1.13 bits per heavy atom. The van der Waals surface area contributed by atoms with Crippen molar-refractivity contribution in [1.82, 2.24) is 0 Å². The molecule has 1 heterocycles. The predicted octanol–water partition coefficient (Wildman–Crippen LogP) is 5.85. The Labute approximate surface area is 184 Å². The van der Waals surface area contributed by atoms with Crippen LogP contribution in [0.4, 0.5) is 10.5 Å². The summed E-state index contributed by atoms with van der Waals surface area (Å²) in [7, 11) is 1.67. The van der Waals surface area contributed by atoms with E-state index in [1.54, 1.807) is 7.11 Å². The molecule has 164 valence electrons. The van der Waals surface area contributed by atoms with Crippen LogP contribution in [0.1, 0.15) is 32.4 Å². The number of nitrogens with one attached hydrogen (secondary N) is 1. The van der Waals surface area contributed by atoms with E-state index in [0.29, 0.717) is 19.1 Å². The van der Waals surface area contributed by atoms with Crippen LogP contribution in [0.3, 0.4) is 0 Å². The van der Waals surface area contributed by atoms with E-state index < -0.39 is 6.09 Å². The van der Waals surface area contributed by atoms with Crippen LogP contribution in [0.25, 0.3) is 0 Å². The maximum Gasteiger partial charge on any atom is 0.411 e. The van der Waals surface area contributed by atoms with Crippen molar-refractivity contribution in [3.63, 3.8) is 0 Å². The second-order valence-corrected chi connectivity index (χ2v) is 8.82. The number of methoxy groups -OCH3 is 1. The van der Waals surface area contributed by atoms with Crippen molar-refractivity contribution in [2.45, 2.75) is 26.9 Å². The molecular weight excluding hydrogens is 390 g/mol. The van der Waals surface area contributed by atoms with Gasteiger partial charge in [0.25, 0.3) is 0 Å². The Bertz CT molecular complexity index is 940. The van der Waals surface area contributed by atoms with Gasteiger partial charge in [0.2, 0.25) is 0 Å². The maximum absolute atomic E-state index is 12.4. The molecule has 0 radical (unpaired) electrons. The van der Waals surface area contributed by atoms with E-state index in [9.17, 15) is 4.79 Å². The number of amides is 1. The third-order valence-corrected chi connectivity index (χ3v) is 7.19. The zero-order valence-corrected chi connectivity index (χ0v) is 18.6. The maximum atomic E-state index is 12.4. The molecule has 0 saturated carbocycles. The van der Waals surface area contributed by atoms with E-state index in [1.165, 1.54) is 5.57 Å². The molecule has 5 heteroatoms. The first-order chi connectivity index (χ1) is 14.9. The van der Waals surface area contributed by atoms with Gasteiger partial charge in [-0.2, -0.15) is 0 Å². The number of carbonyl (C=O) groups is 1. The number of ether oxygens (including phenoxy) is 3. The molecule has 1 aliphatic carbocycles. The van der Waals surface area contributed by atoms with Gasteiger partial charge in [0, 0.05) is 17.0 Å². The quantitative estimate of drug-likeness (QED) is 0.615. The summed E-state index contributed by atoms with van der Waals surface area (Å²) >= 11 is 0. The Morgan fingerprint density at radius 2 is 1.84 bits per heavy atom. The van der Waals surface area contributed by atoms with Crippen molar-refractivity contribution in [2.24, 2.45) is 23.2 Å². The molecule has 2 aromatic carbocycles. The van der Waals surface area contributed by atoms with Gasteiger partial charge in [-0.15, -0.1) is 0 Å². The van der Waals surface area contributed by atoms with E-state index in [0.717, 1.165) is 17.0 Å². The highest BCUT2D eigenvalue weighted by Crippen LogP contribution is 2.56. The van der Waals surface area contributed by atoms with E-state index in [2.05, 4.69) is 44.3 Å². The summed E-state index contributed by atoms with van der Waals surface area (Å²) in [5.74, 6) is 1.63. The van der Waals surface area contributed by atoms with Gasteiger partial charge in [-0.25, -0.2) is 4.79 Å². The third-order valence-electron chi connectivity index (χ3n) is 7.19. The summed E-state index contributed by atoms with van der Waals surface area (Å²) in [6.45, 7) is 7.53. The fraction of sp³-hybridized carbons (Fsp3) is 0.423. The molecule has 2 aromatic rings. The average molecular weight is 422 g/mol. The monoisotopic (exact) mass is 421 g/mol. The Kier molecular flexibility index (Phi) is 6.05. The Hall–Kier alpha value is -2.79. The minimum absolute atomic E-state index is 0.0177. The molecule has 1 saturated heterocycles. The number of carbonyl (C=O) groups excluding carboxylic acids is 1. The number of hydrogen-bond donors (Lipinski definition) is 1. The standard InChI is InChI=1S/C26H31NO4/c1-17-14-18(2)26(16-31-25(28)27-21-8-6-5-7-9-21)15-30-24(23(17)19(26)3)20-10-12-22(29-4)13-11-20/h5-14,18-19,23-24H,15-16H2,1-4H3,(H,27,28)/t18-,19+,23+,24-,26-/m1/s1. The lowest BCUT2D eigenvalue weighted by Gasteiger charge is -2.55. The number of benzene rings is 2. The van der Waals surface area contributed by atoms with Crippen molar-refractivity contribution in [2.75, 3.05) is 25.6 Å². The zero-order chi connectivity index (χ0) is 22.0. The van der Waals surface area contributed by atoms with Crippen LogP contribution >= 0.6 is 0 Å². The van der Waals surface area contributed by atoms with Gasteiger partial charge in [-0.3, -0.25) is 5.32 Å². The first-order valence-electron chi connectivity index (χ1n) is 10.9. The number of anilines is 1. The van der Waals surface area contributed by atoms with Gasteiger partial charge in [-0.05, 0) is 48.6 Å². The summed E-state index contributed by atoms with van der Waals surface area (Å²) in [6.07, 6.45) is 1.89. The lowest BCUT2D eigenvalue weighted by atomic mass is 9.56. The molecule has 5 nitrogen and oxygen atoms in total. The molecule has 0 spiro atoms. The molecule has 1 amide bonds. The highest BCUT2D eigenvalue weighted by molar-refractivity contribution is 5.84. The summed E-state index contributed by atoms with van der Waals surface area (Å²) in [6, 6.07) is 17.5. The van der Waals surface area contributed by atoms with E-state index in [1.807, 2.05) is 42.5 Å². The molecular formula is C26H31NO4. The summed E-state index contributed by atoms with van der Waals surface area (Å²) in [5, 5.41) is 2.81. The number of allylic oxidation sites excluding steroid dienone is 1. The second-order valence-electron chi connectivity index (χ2n) is 8.82. The van der Waals surface area contributed by atoms with E-state index in [-0.39, 0.29) is 23.4 Å². The lowest BCUT2D eigenvalue weighted by Crippen LogP contribution is -2.54. The van der Waals surface area contributed by atoms with Crippen molar-refractivity contribution in [1.29, 1.82) is 0 Å². The molecule has 31 heavy (non-hydrogen) atoms. The van der Waals surface area contributed by atoms with Crippen molar-refractivity contribution < 1.29 is 19.0 Å². The topological polar surface area (TPSA) is 56.8 Å². The van der Waals surface area contributed by atoms with Gasteiger partial charge in [0.05, 0.1) is 19.8 Å². The van der Waals surface area contributed by atoms with Crippen LogP contribution in [0.2, 0.25) is 0 Å². The van der Waals surface area contributed by atoms with Crippen LogP contribution in [0, 0.1) is 23.2 Å². The van der Waals surface area contributed by atoms with Crippen LogP contribution in [-0.4, -0.2) is 26.4 Å². The third kappa shape index (κ3) is 4.07. The first kappa shape index (κ1) is 21.4. The number of rotatable bonds is 5. The van der Waals surface area contributed by atoms with Crippen LogP contribution in [0.5, 0.6) is 5.75 Å². The molecule has 0 aromatic heterocycles. The molecule has 4 rings (SSSR count). The van der Waals surface area contributed by atoms with Crippen molar-refractivity contribution >= 4 is 11.8 Å². The minimum Gasteiger partial charge on any atom is -0.497 e. The van der Waals surface area contributed by atoms with Crippen LogP contribution < -0.4 is 10.1 Å². The molecule has 1 fully saturated rings. The van der Waals surface area contributed by atoms with E-state index >= 15 is 0 Å². The van der Waals surface area contributed by atoms with Crippen LogP contribution in [-0.2, 0) is 9.47 Å². The van der Waals surface area contributed by atoms with Crippen molar-refractivity contribution in [3.8, 4) is 5.75 Å². The average Bonchev–Trinajstić information content (AvgIpc) is 2.77. The van der Waals surface area contributed by atoms with Crippen LogP contribution in [0.15, 0.2) is 66.2 Å². The van der Waals surface area contributed by atoms with Gasteiger partial charge in [0.1, 0.15) is 12.4 Å². The summed E-state index contributed by atoms with van der Waals surface area (Å²) in [5.41, 5.74) is 2.96. The van der Waals surface area contributed by atoms with E-state index in [4.69, 9.17) is 14.2 Å². The number of hydrogen-bond acceptors (Lipinski definition) is 4. The van der Waals surface area contributed by atoms with Gasteiger partial charge in [-0.1, -0.05) is 55.8 Å². The first-order valence-corrected chi connectivity index (χ1v) is 10.9. The molecule has 5 atom stereocenters. The fourth-order valence-electron chi connectivity index (χ4n) is 5.23. The van der Waals surface area contributed by atoms with Gasteiger partial charge >= 0.3 is 6.09 Å². The number of fused-ring (bicyclic) bond motifs is 2. The molecule has 2 aliphatic rings. The summed E-state index contributed by atoms with van der Waals surface area (Å²) in [4.78, 5) is 12.4. The highest BCUT2D eigenvalue weighted by atomic mass is 16.6. The molecule has 2 bridgehead atoms. The normalized spacial score (nSPS) is 29.6. The Balaban J connectivity index is 1.51.